The van der Waals surface area contributed by atoms with E-state index in [0.29, 0.717) is 18.5 Å². The van der Waals surface area contributed by atoms with Crippen LogP contribution in [0.5, 0.6) is 0 Å². The van der Waals surface area contributed by atoms with Gasteiger partial charge in [-0.15, -0.1) is 0 Å². The molecule has 2 aliphatic rings. The van der Waals surface area contributed by atoms with E-state index in [4.69, 9.17) is 5.26 Å². The van der Waals surface area contributed by atoms with Gasteiger partial charge in [-0.3, -0.25) is 9.80 Å². The first kappa shape index (κ1) is 14.9. The van der Waals surface area contributed by atoms with E-state index in [9.17, 15) is 18.0 Å². The van der Waals surface area contributed by atoms with Crippen LogP contribution in [0.4, 0.5) is 13.2 Å². The van der Waals surface area contributed by atoms with Gasteiger partial charge in [0, 0.05) is 13.1 Å². The molecular formula is C15H14F3N3O. The number of amides is 1. The Balaban J connectivity index is 1.97. The predicted molar refractivity (Wildman–Crippen MR) is 71.0 cm³/mol. The summed E-state index contributed by atoms with van der Waals surface area (Å²) in [5.74, 6) is -1.22. The van der Waals surface area contributed by atoms with Crippen LogP contribution in [0, 0.1) is 22.6 Å². The van der Waals surface area contributed by atoms with Crippen molar-refractivity contribution in [3.8, 4) is 6.07 Å². The van der Waals surface area contributed by atoms with Crippen molar-refractivity contribution in [3.63, 3.8) is 0 Å². The highest BCUT2D eigenvalue weighted by atomic mass is 19.3. The Hall–Kier alpha value is -2.07. The highest BCUT2D eigenvalue weighted by Crippen LogP contribution is 2.45. The zero-order chi connectivity index (χ0) is 16.1. The maximum Gasteiger partial charge on any atom is 0.254 e. The molecule has 7 heteroatoms. The zero-order valence-corrected chi connectivity index (χ0v) is 11.9. The predicted octanol–water partition coefficient (Wildman–Crippen LogP) is 2.47. The van der Waals surface area contributed by atoms with Gasteiger partial charge in [0.2, 0.25) is 0 Å². The van der Waals surface area contributed by atoms with E-state index in [1.54, 1.807) is 5.01 Å². The van der Waals surface area contributed by atoms with Crippen molar-refractivity contribution >= 4 is 5.91 Å². The number of rotatable bonds is 2. The Kier molecular flexibility index (Phi) is 3.37. The average Bonchev–Trinajstić information content (AvgIpc) is 2.98. The van der Waals surface area contributed by atoms with Gasteiger partial charge in [0.05, 0.1) is 17.7 Å². The Morgan fingerprint density at radius 3 is 2.77 bits per heavy atom. The third-order valence-electron chi connectivity index (χ3n) is 4.38. The molecule has 0 radical (unpaired) electrons. The molecule has 0 aromatic heterocycles. The van der Waals surface area contributed by atoms with E-state index >= 15 is 0 Å². The molecule has 0 bridgehead atoms. The summed E-state index contributed by atoms with van der Waals surface area (Å²) in [5, 5.41) is 11.8. The van der Waals surface area contributed by atoms with Crippen molar-refractivity contribution < 1.29 is 18.0 Å². The van der Waals surface area contributed by atoms with Crippen molar-refractivity contribution in [2.75, 3.05) is 13.1 Å². The molecule has 1 aromatic rings. The topological polar surface area (TPSA) is 47.3 Å². The molecule has 3 rings (SSSR count). The highest BCUT2D eigenvalue weighted by molar-refractivity contribution is 5.85. The van der Waals surface area contributed by atoms with E-state index in [0.717, 1.165) is 6.07 Å². The molecule has 0 saturated carbocycles. The van der Waals surface area contributed by atoms with Crippen LogP contribution in [0.25, 0.3) is 0 Å². The average molecular weight is 309 g/mol. The van der Waals surface area contributed by atoms with E-state index < -0.39 is 29.6 Å². The van der Waals surface area contributed by atoms with E-state index in [1.807, 2.05) is 6.07 Å². The fraction of sp³-hybridized carbons (Fsp3) is 0.467. The summed E-state index contributed by atoms with van der Waals surface area (Å²) >= 11 is 0. The van der Waals surface area contributed by atoms with Gasteiger partial charge in [0.1, 0.15) is 11.2 Å². The SMILES string of the molecule is C[C@]1(C(F)F)CN2CC[C@@H](c3cc(F)cc(C#N)c3)N2C1=O. The van der Waals surface area contributed by atoms with Crippen LogP contribution < -0.4 is 0 Å². The number of carbonyl (C=O) groups excluding carboxylic acids is 1. The first-order chi connectivity index (χ1) is 10.4. The maximum absolute atomic E-state index is 13.6. The van der Waals surface area contributed by atoms with E-state index in [-0.39, 0.29) is 12.1 Å². The molecular weight excluding hydrogens is 295 g/mol. The van der Waals surface area contributed by atoms with Gasteiger partial charge in [-0.1, -0.05) is 0 Å². The zero-order valence-electron chi connectivity index (χ0n) is 11.9. The number of nitriles is 1. The second-order valence-electron chi connectivity index (χ2n) is 5.95. The molecule has 0 spiro atoms. The summed E-state index contributed by atoms with van der Waals surface area (Å²) in [4.78, 5) is 12.4. The molecule has 0 unspecified atom stereocenters. The molecule has 0 aliphatic carbocycles. The second-order valence-corrected chi connectivity index (χ2v) is 5.95. The lowest BCUT2D eigenvalue weighted by atomic mass is 9.90. The number of benzene rings is 1. The molecule has 2 atom stereocenters. The van der Waals surface area contributed by atoms with Crippen LogP contribution in [0.1, 0.15) is 30.5 Å². The Labute approximate surface area is 125 Å². The first-order valence-corrected chi connectivity index (χ1v) is 6.94. The lowest BCUT2D eigenvalue weighted by Gasteiger charge is -2.26. The number of hydrogen-bond acceptors (Lipinski definition) is 3. The van der Waals surface area contributed by atoms with Gasteiger partial charge in [-0.05, 0) is 37.1 Å². The van der Waals surface area contributed by atoms with Gasteiger partial charge >= 0.3 is 0 Å². The van der Waals surface area contributed by atoms with Crippen molar-refractivity contribution in [2.45, 2.75) is 25.8 Å². The minimum absolute atomic E-state index is 0.0412. The number of carbonyl (C=O) groups is 1. The third-order valence-corrected chi connectivity index (χ3v) is 4.38. The Bertz CT molecular complexity index is 672. The number of hydrazine groups is 1. The van der Waals surface area contributed by atoms with Crippen LogP contribution in [0.2, 0.25) is 0 Å². The summed E-state index contributed by atoms with van der Waals surface area (Å²) in [6, 6.07) is 5.21. The summed E-state index contributed by atoms with van der Waals surface area (Å²) in [7, 11) is 0. The van der Waals surface area contributed by atoms with Gasteiger partial charge in [-0.2, -0.15) is 5.26 Å². The fourth-order valence-electron chi connectivity index (χ4n) is 3.17. The Morgan fingerprint density at radius 1 is 1.41 bits per heavy atom. The Morgan fingerprint density at radius 2 is 2.14 bits per heavy atom. The number of hydrogen-bond donors (Lipinski definition) is 0. The molecule has 2 fully saturated rings. The summed E-state index contributed by atoms with van der Waals surface area (Å²) < 4.78 is 40.0. The molecule has 2 heterocycles. The maximum atomic E-state index is 13.6. The number of alkyl halides is 2. The smallest absolute Gasteiger partial charge is 0.254 e. The molecule has 2 aliphatic heterocycles. The summed E-state index contributed by atoms with van der Waals surface area (Å²) in [6.07, 6.45) is -2.23. The molecule has 116 valence electrons. The number of fused-ring (bicyclic) bond motifs is 1. The van der Waals surface area contributed by atoms with Crippen molar-refractivity contribution in [1.82, 2.24) is 10.0 Å². The minimum atomic E-state index is -2.76. The molecule has 4 nitrogen and oxygen atoms in total. The molecule has 2 saturated heterocycles. The molecule has 0 N–H and O–H groups in total. The monoisotopic (exact) mass is 309 g/mol. The lowest BCUT2D eigenvalue weighted by molar-refractivity contribution is -0.147. The van der Waals surface area contributed by atoms with Crippen LogP contribution in [0.3, 0.4) is 0 Å². The van der Waals surface area contributed by atoms with Crippen LogP contribution in [0.15, 0.2) is 18.2 Å². The van der Waals surface area contributed by atoms with Gasteiger partial charge in [0.25, 0.3) is 12.3 Å². The van der Waals surface area contributed by atoms with Crippen molar-refractivity contribution in [1.29, 1.82) is 5.26 Å². The minimum Gasteiger partial charge on any atom is -0.272 e. The van der Waals surface area contributed by atoms with Gasteiger partial charge in [-0.25, -0.2) is 18.2 Å². The molecule has 1 amide bonds. The first-order valence-electron chi connectivity index (χ1n) is 6.94. The van der Waals surface area contributed by atoms with Gasteiger partial charge < -0.3 is 0 Å². The normalized spacial score (nSPS) is 28.3. The van der Waals surface area contributed by atoms with Crippen molar-refractivity contribution in [3.05, 3.63) is 35.1 Å². The standard InChI is InChI=1S/C15H14F3N3O/c1-15(13(17)18)8-20-3-2-12(21(20)14(15)22)10-4-9(7-19)5-11(16)6-10/h4-6,12-13H,2-3,8H2,1H3/t12-,15+/m0/s1. The summed E-state index contributed by atoms with van der Waals surface area (Å²) in [6.45, 7) is 1.67. The molecule has 1 aromatic carbocycles. The second kappa shape index (κ2) is 4.99. The third kappa shape index (κ3) is 2.06. The van der Waals surface area contributed by atoms with Crippen LogP contribution >= 0.6 is 0 Å². The highest BCUT2D eigenvalue weighted by Gasteiger charge is 2.57. The van der Waals surface area contributed by atoms with E-state index in [2.05, 4.69) is 0 Å². The number of halogens is 3. The summed E-state index contributed by atoms with van der Waals surface area (Å²) in [5.41, 5.74) is -1.12. The number of nitrogens with zero attached hydrogens (tertiary/aromatic N) is 3. The van der Waals surface area contributed by atoms with Crippen molar-refractivity contribution in [2.24, 2.45) is 5.41 Å². The largest absolute Gasteiger partial charge is 0.272 e. The van der Waals surface area contributed by atoms with Crippen LogP contribution in [-0.4, -0.2) is 35.4 Å². The van der Waals surface area contributed by atoms with Crippen LogP contribution in [-0.2, 0) is 4.79 Å². The van der Waals surface area contributed by atoms with Gasteiger partial charge in [0.15, 0.2) is 0 Å². The quantitative estimate of drug-likeness (QED) is 0.843. The van der Waals surface area contributed by atoms with E-state index in [1.165, 1.54) is 24.1 Å². The fourth-order valence-corrected chi connectivity index (χ4v) is 3.17. The lowest BCUT2D eigenvalue weighted by Crippen LogP contribution is -2.39. The molecule has 22 heavy (non-hydrogen) atoms.